The van der Waals surface area contributed by atoms with Crippen LogP contribution in [0.5, 0.6) is 0 Å². The number of hydrogen-bond donors (Lipinski definition) is 0. The molecule has 0 atom stereocenters. The minimum atomic E-state index is -5.01. The summed E-state index contributed by atoms with van der Waals surface area (Å²) < 4.78 is 39.8. The lowest BCUT2D eigenvalue weighted by molar-refractivity contribution is 0.0606. The Hall–Kier alpha value is -0.975. The highest BCUT2D eigenvalue weighted by molar-refractivity contribution is 7.25. The second kappa shape index (κ2) is 3.41. The normalized spacial score (nSPS) is 11.4. The van der Waals surface area contributed by atoms with Gasteiger partial charge in [-0.2, -0.15) is 11.3 Å². The maximum Gasteiger partial charge on any atom is 0.519 e. The van der Waals surface area contributed by atoms with E-state index in [9.17, 15) is 17.7 Å². The van der Waals surface area contributed by atoms with E-state index in [4.69, 9.17) is 0 Å². The number of thiophene rings is 1. The zero-order chi connectivity index (χ0) is 10.1. The van der Waals surface area contributed by atoms with Gasteiger partial charge in [-0.25, -0.2) is 4.79 Å². The van der Waals surface area contributed by atoms with E-state index in [1.165, 1.54) is 0 Å². The van der Waals surface area contributed by atoms with Gasteiger partial charge in [-0.15, -0.1) is 0 Å². The summed E-state index contributed by atoms with van der Waals surface area (Å²) in [7, 11) is 1.13. The van der Waals surface area contributed by atoms with Crippen LogP contribution in [0, 0.1) is 0 Å². The molecule has 1 aromatic heterocycles. The van der Waals surface area contributed by atoms with E-state index < -0.39 is 17.7 Å². The summed E-state index contributed by atoms with van der Waals surface area (Å²) in [5, 5.41) is 0. The third-order valence-electron chi connectivity index (χ3n) is 1.34. The smallest absolute Gasteiger partial charge is 0.465 e. The predicted octanol–water partition coefficient (Wildman–Crippen LogP) is 1.59. The van der Waals surface area contributed by atoms with Gasteiger partial charge in [0.1, 0.15) is 4.88 Å². The highest BCUT2D eigenvalue weighted by Crippen LogP contribution is 2.16. The van der Waals surface area contributed by atoms with Crippen molar-refractivity contribution in [1.82, 2.24) is 0 Å². The van der Waals surface area contributed by atoms with Crippen molar-refractivity contribution < 1.29 is 22.5 Å². The van der Waals surface area contributed by atoms with Crippen molar-refractivity contribution in [2.75, 3.05) is 7.11 Å². The molecule has 2 nitrogen and oxygen atoms in total. The fraction of sp³-hybridized carbons (Fsp3) is 0.167. The van der Waals surface area contributed by atoms with Crippen molar-refractivity contribution in [2.24, 2.45) is 0 Å². The average Bonchev–Trinajstić information content (AvgIpc) is 2.50. The molecule has 1 aromatic rings. The molecule has 0 aliphatic heterocycles. The monoisotopic (exact) mass is 209 g/mol. The minimum Gasteiger partial charge on any atom is -0.465 e. The Morgan fingerprint density at radius 1 is 1.46 bits per heavy atom. The van der Waals surface area contributed by atoms with Crippen LogP contribution >= 0.6 is 11.3 Å². The topological polar surface area (TPSA) is 26.3 Å². The number of methoxy groups -OCH3 is 1. The number of rotatable bonds is 2. The Morgan fingerprint density at radius 2 is 2.08 bits per heavy atom. The van der Waals surface area contributed by atoms with Gasteiger partial charge < -0.3 is 17.7 Å². The van der Waals surface area contributed by atoms with Crippen LogP contribution < -0.4 is 4.78 Å². The Labute approximate surface area is 76.4 Å². The van der Waals surface area contributed by atoms with Crippen molar-refractivity contribution in [1.29, 1.82) is 0 Å². The Bertz CT molecular complexity index is 320. The van der Waals surface area contributed by atoms with Gasteiger partial charge in [0.05, 0.1) is 7.11 Å². The van der Waals surface area contributed by atoms with Gasteiger partial charge in [0.25, 0.3) is 0 Å². The zero-order valence-corrected chi connectivity index (χ0v) is 7.41. The molecule has 7 heteroatoms. The van der Waals surface area contributed by atoms with Gasteiger partial charge in [0.2, 0.25) is 0 Å². The van der Waals surface area contributed by atoms with Gasteiger partial charge in [-0.05, 0) is 6.07 Å². The van der Waals surface area contributed by atoms with Crippen LogP contribution in [0.3, 0.4) is 0 Å². The number of halogens is 3. The van der Waals surface area contributed by atoms with E-state index >= 15 is 0 Å². The predicted molar refractivity (Wildman–Crippen MR) is 44.4 cm³/mol. The Kier molecular flexibility index (Phi) is 2.65. The third-order valence-corrected chi connectivity index (χ3v) is 2.50. The third kappa shape index (κ3) is 2.24. The van der Waals surface area contributed by atoms with Crippen LogP contribution in [0.2, 0.25) is 0 Å². The molecular formula is C6H5BF3O2S-. The summed E-state index contributed by atoms with van der Waals surface area (Å²) >= 11 is 0.401. The molecule has 0 spiro atoms. The second-order valence-corrected chi connectivity index (χ2v) is 3.38. The van der Waals surface area contributed by atoms with Crippen molar-refractivity contribution >= 4 is 29.1 Å². The summed E-state index contributed by atoms with van der Waals surface area (Å²) in [6, 6.07) is 2.00. The molecule has 0 N–H and O–H groups in total. The van der Waals surface area contributed by atoms with Crippen molar-refractivity contribution in [3.8, 4) is 0 Å². The van der Waals surface area contributed by atoms with Crippen LogP contribution in [-0.2, 0) is 4.74 Å². The first-order valence-electron chi connectivity index (χ1n) is 3.33. The average molecular weight is 209 g/mol. The zero-order valence-electron chi connectivity index (χ0n) is 6.59. The molecule has 1 heterocycles. The van der Waals surface area contributed by atoms with Gasteiger partial charge >= 0.3 is 12.9 Å². The van der Waals surface area contributed by atoms with E-state index in [-0.39, 0.29) is 4.88 Å². The van der Waals surface area contributed by atoms with Crippen LogP contribution in [-0.4, -0.2) is 20.1 Å². The fourth-order valence-electron chi connectivity index (χ4n) is 0.739. The molecule has 0 aliphatic carbocycles. The highest BCUT2D eigenvalue weighted by atomic mass is 32.1. The first-order valence-corrected chi connectivity index (χ1v) is 4.15. The Balaban J connectivity index is 2.93. The number of hydrogen-bond acceptors (Lipinski definition) is 3. The molecule has 0 saturated heterocycles. The van der Waals surface area contributed by atoms with E-state index in [0.29, 0.717) is 11.3 Å². The summed E-state index contributed by atoms with van der Waals surface area (Å²) in [6.45, 7) is -5.01. The van der Waals surface area contributed by atoms with Crippen LogP contribution in [0.15, 0.2) is 12.1 Å². The van der Waals surface area contributed by atoms with Crippen molar-refractivity contribution in [3.05, 3.63) is 17.0 Å². The summed E-state index contributed by atoms with van der Waals surface area (Å²) in [4.78, 5) is 10.8. The second-order valence-electron chi connectivity index (χ2n) is 2.27. The summed E-state index contributed by atoms with van der Waals surface area (Å²) in [6.07, 6.45) is 0. The maximum absolute atomic E-state index is 12.1. The van der Waals surface area contributed by atoms with E-state index in [1.54, 1.807) is 0 Å². The molecule has 0 unspecified atom stereocenters. The van der Waals surface area contributed by atoms with Crippen molar-refractivity contribution in [3.63, 3.8) is 0 Å². The quantitative estimate of drug-likeness (QED) is 0.546. The maximum atomic E-state index is 12.1. The molecule has 0 radical (unpaired) electrons. The molecule has 0 aliphatic rings. The van der Waals surface area contributed by atoms with Gasteiger partial charge in [-0.3, -0.25) is 0 Å². The molecule has 0 fully saturated rings. The summed E-state index contributed by atoms with van der Waals surface area (Å²) in [5.74, 6) is -0.740. The number of ether oxygens (including phenoxy) is 1. The lowest BCUT2D eigenvalue weighted by Gasteiger charge is -2.09. The standard InChI is InChI=1S/C6H5BF3O2S/c1-12-6(11)4-2-3-5(13-4)7(8,9)10/h2-3H,1H3/q-1. The van der Waals surface area contributed by atoms with Gasteiger partial charge in [0, 0.05) is 0 Å². The lowest BCUT2D eigenvalue weighted by Crippen LogP contribution is -2.30. The van der Waals surface area contributed by atoms with Gasteiger partial charge in [0.15, 0.2) is 0 Å². The van der Waals surface area contributed by atoms with E-state index in [0.717, 1.165) is 19.2 Å². The molecular weight excluding hydrogens is 204 g/mol. The Morgan fingerprint density at radius 3 is 2.46 bits per heavy atom. The molecule has 72 valence electrons. The SMILES string of the molecule is COC(=O)c1ccc([B-](F)(F)F)s1. The van der Waals surface area contributed by atoms with E-state index in [2.05, 4.69) is 4.74 Å². The molecule has 13 heavy (non-hydrogen) atoms. The molecule has 1 rings (SSSR count). The highest BCUT2D eigenvalue weighted by Gasteiger charge is 2.28. The minimum absolute atomic E-state index is 0.0308. The summed E-state index contributed by atoms with van der Waals surface area (Å²) in [5.41, 5.74) is 0. The van der Waals surface area contributed by atoms with Crippen LogP contribution in [0.4, 0.5) is 12.9 Å². The van der Waals surface area contributed by atoms with Gasteiger partial charge in [-0.1, -0.05) is 10.8 Å². The van der Waals surface area contributed by atoms with Crippen molar-refractivity contribution in [2.45, 2.75) is 0 Å². The first kappa shape index (κ1) is 10.1. The van der Waals surface area contributed by atoms with Crippen LogP contribution in [0.25, 0.3) is 0 Å². The largest absolute Gasteiger partial charge is 0.519 e. The fourth-order valence-corrected chi connectivity index (χ4v) is 1.57. The molecule has 0 amide bonds. The number of carbonyl (C=O) groups excluding carboxylic acids is 1. The lowest BCUT2D eigenvalue weighted by atomic mass is 9.90. The van der Waals surface area contributed by atoms with Crippen LogP contribution in [0.1, 0.15) is 9.67 Å². The van der Waals surface area contributed by atoms with E-state index in [1.807, 2.05) is 0 Å². The number of carbonyl (C=O) groups is 1. The molecule has 0 aromatic carbocycles. The molecule has 0 saturated carbocycles. The number of esters is 1. The molecule has 0 bridgehead atoms. The first-order chi connectivity index (χ1) is 5.95.